The molecule has 0 spiro atoms. The Bertz CT molecular complexity index is 4470. The van der Waals surface area contributed by atoms with Gasteiger partial charge in [0, 0.05) is 104 Å². The Hall–Kier alpha value is -10.6. The number of nitrogens with two attached hydrogens (primary N) is 1. The van der Waals surface area contributed by atoms with Gasteiger partial charge in [-0.2, -0.15) is 0 Å². The van der Waals surface area contributed by atoms with E-state index in [1.165, 1.54) is 157 Å². The predicted molar refractivity (Wildman–Crippen MR) is 339 cm³/mol. The monoisotopic (exact) mass is 1260 g/mol. The van der Waals surface area contributed by atoms with Gasteiger partial charge in [0.2, 0.25) is 0 Å². The molecule has 1 aliphatic rings. The van der Waals surface area contributed by atoms with Gasteiger partial charge >= 0.3 is 0 Å². The van der Waals surface area contributed by atoms with Crippen LogP contribution in [0.15, 0.2) is 144 Å². The molecule has 0 bridgehead atoms. The highest BCUT2D eigenvalue weighted by molar-refractivity contribution is 5.99. The molecule has 1 saturated heterocycles. The summed E-state index contributed by atoms with van der Waals surface area (Å²) in [6.07, 6.45) is 8.16. The summed E-state index contributed by atoms with van der Waals surface area (Å²) < 4.78 is 84.5. The highest BCUT2D eigenvalue weighted by atomic mass is 19.1. The minimum absolute atomic E-state index is 0.0213. The fraction of sp³-hybridized carbons (Fsp3) is 0.229. The average Bonchev–Trinajstić information content (AvgIpc) is 1.19. The van der Waals surface area contributed by atoms with E-state index in [0.29, 0.717) is 85.0 Å². The fourth-order valence-electron chi connectivity index (χ4n) is 9.82. The number of methoxy groups -OCH3 is 2. The van der Waals surface area contributed by atoms with Crippen LogP contribution in [0.1, 0.15) is 87.7 Å². The summed E-state index contributed by atoms with van der Waals surface area (Å²) in [5, 5.41) is 0. The first-order valence-electron chi connectivity index (χ1n) is 29.1. The fourth-order valence-corrected chi connectivity index (χ4v) is 9.82. The number of ketones is 4. The Labute approximate surface area is 525 Å². The number of Topliss-reactive ketones (excluding diaryl/α,β-unsaturated/α-hetero) is 4. The van der Waals surface area contributed by atoms with Crippen LogP contribution in [-0.2, 0) is 40.0 Å². The molecule has 18 nitrogen and oxygen atoms in total. The number of benzene rings is 4. The summed E-state index contributed by atoms with van der Waals surface area (Å²) in [6.45, 7) is 8.57. The normalized spacial score (nSPS) is 11.5. The van der Waals surface area contributed by atoms with E-state index in [-0.39, 0.29) is 82.5 Å². The van der Waals surface area contributed by atoms with E-state index in [4.69, 9.17) is 23.7 Å². The topological polar surface area (TPSA) is 258 Å². The van der Waals surface area contributed by atoms with Crippen LogP contribution in [0, 0.1) is 37.1 Å². The minimum atomic E-state index is -0.729. The molecule has 0 atom stereocenters. The molecular weight excluding hydrogens is 1190 g/mol. The second-order valence-electron chi connectivity index (χ2n) is 20.9. The Kier molecular flexibility index (Phi) is 22.9. The largest absolute Gasteiger partial charge is 0.495 e. The first-order chi connectivity index (χ1) is 44.3. The van der Waals surface area contributed by atoms with Crippen LogP contribution in [0.2, 0.25) is 0 Å². The number of rotatable bonds is 19. The molecule has 0 radical (unpaired) electrons. The predicted octanol–water partition coefficient (Wildman–Crippen LogP) is 12.6. The van der Waals surface area contributed by atoms with Gasteiger partial charge in [0.05, 0.1) is 60.6 Å². The van der Waals surface area contributed by atoms with Crippen LogP contribution in [0.5, 0.6) is 34.5 Å². The Morgan fingerprint density at radius 1 is 0.543 bits per heavy atom. The molecular formula is C70H65F4N7O11. The van der Waals surface area contributed by atoms with E-state index < -0.39 is 45.7 Å². The van der Waals surface area contributed by atoms with Crippen molar-refractivity contribution in [3.8, 4) is 56.8 Å². The molecule has 0 aliphatic carbocycles. The molecule has 11 rings (SSSR count). The number of fused-ring (bicyclic) bond motifs is 2. The van der Waals surface area contributed by atoms with Crippen molar-refractivity contribution < 1.29 is 60.4 Å². The number of nitrogens with one attached hydrogen (secondary N) is 2. The molecule has 1 fully saturated rings. The maximum atomic E-state index is 15.2. The van der Waals surface area contributed by atoms with Gasteiger partial charge < -0.3 is 39.4 Å². The molecule has 7 heterocycles. The van der Waals surface area contributed by atoms with E-state index >= 15 is 8.78 Å². The van der Waals surface area contributed by atoms with E-state index in [2.05, 4.69) is 35.6 Å². The SMILES string of the molecule is C1CCOC1.CCC(=O)Cc1nc2c(Oc3ccc(CC(=O)c4c[nH]c(C)c(-c5ccc(F)cc5)c4=O)cc3F)ccnc2cc1OC.CN.COc1cc2nccc(Oc3ccc(CC(=O)c4c[nH]c(C)c(-c5ccc(F)cc5)c4=O)cc3F)c2nc1CC(C)=O. The number of aromatic amines is 2. The number of pyridine rings is 6. The second-order valence-corrected chi connectivity index (χ2v) is 20.9. The first kappa shape index (κ1) is 67.4. The number of nitrogens with zero attached hydrogens (tertiary/aromatic N) is 4. The molecule has 6 aromatic heterocycles. The lowest BCUT2D eigenvalue weighted by atomic mass is 9.98. The number of hydrogen-bond donors (Lipinski definition) is 3. The maximum absolute atomic E-state index is 15.2. The Morgan fingerprint density at radius 2 is 0.957 bits per heavy atom. The van der Waals surface area contributed by atoms with E-state index in [9.17, 15) is 37.5 Å². The third kappa shape index (κ3) is 16.4. The summed E-state index contributed by atoms with van der Waals surface area (Å²) >= 11 is 0. The number of H-pyrrole nitrogens is 2. The Morgan fingerprint density at radius 3 is 1.32 bits per heavy atom. The van der Waals surface area contributed by atoms with Crippen molar-refractivity contribution in [3.05, 3.63) is 223 Å². The van der Waals surface area contributed by atoms with Crippen LogP contribution >= 0.6 is 0 Å². The smallest absolute Gasteiger partial charge is 0.200 e. The molecule has 4 aromatic carbocycles. The zero-order chi connectivity index (χ0) is 66.2. The van der Waals surface area contributed by atoms with Gasteiger partial charge in [-0.05, 0) is 111 Å². The molecule has 22 heteroatoms. The van der Waals surface area contributed by atoms with E-state index in [1.807, 2.05) is 0 Å². The lowest BCUT2D eigenvalue weighted by Crippen LogP contribution is -2.20. The van der Waals surface area contributed by atoms with Gasteiger partial charge in [0.25, 0.3) is 0 Å². The van der Waals surface area contributed by atoms with Gasteiger partial charge in [0.15, 0.2) is 57.1 Å². The van der Waals surface area contributed by atoms with Gasteiger partial charge in [-0.3, -0.25) is 38.7 Å². The van der Waals surface area contributed by atoms with Crippen molar-refractivity contribution in [2.75, 3.05) is 34.5 Å². The van der Waals surface area contributed by atoms with Gasteiger partial charge in [-0.15, -0.1) is 0 Å². The molecule has 4 N–H and O–H groups in total. The Balaban J connectivity index is 0.000000214. The first-order valence-corrected chi connectivity index (χ1v) is 29.1. The van der Waals surface area contributed by atoms with Crippen LogP contribution in [-0.4, -0.2) is 87.5 Å². The zero-order valence-electron chi connectivity index (χ0n) is 51.4. The molecule has 0 amide bonds. The standard InChI is InChI=1S/C33H27F2N3O5.C32H25F2N3O5.C4H8O.CH5N/c1-4-22(39)15-25-30(42-3)16-26-32(38-25)29(11-12-36-26)43-28-10-5-19(13-24(28)35)14-27(40)23-17-37-18(2)31(33(23)41)20-6-8-21(34)9-7-20;1-17(38)12-24-29(41-3)15-25-31(37-24)28(10-11-35-25)42-27-9-4-19(13-23(27)34)14-26(39)22-16-36-18(2)30(32(22)40)20-5-7-21(33)8-6-20;1-2-4-5-3-1;1-2/h5-13,16-17H,4,14-15H2,1-3H3,(H,37,41);4-11,13,15-16H,12,14H2,1-3H3,(H,36,40);1-4H2;2H2,1H3. The number of aryl methyl sites for hydroxylation is 2. The number of hydrogen-bond acceptors (Lipinski definition) is 16. The van der Waals surface area contributed by atoms with E-state index in [0.717, 1.165) is 19.3 Å². The second kappa shape index (κ2) is 31.2. The van der Waals surface area contributed by atoms with Crippen molar-refractivity contribution in [1.82, 2.24) is 29.9 Å². The van der Waals surface area contributed by atoms with E-state index in [1.54, 1.807) is 32.9 Å². The number of halogens is 4. The third-order valence-electron chi connectivity index (χ3n) is 14.5. The summed E-state index contributed by atoms with van der Waals surface area (Å²) in [4.78, 5) is 99.9. The van der Waals surface area contributed by atoms with Gasteiger partial charge in [-0.25, -0.2) is 27.5 Å². The summed E-state index contributed by atoms with van der Waals surface area (Å²) in [7, 11) is 4.44. The van der Waals surface area contributed by atoms with Crippen molar-refractivity contribution >= 4 is 45.2 Å². The molecule has 10 aromatic rings. The lowest BCUT2D eigenvalue weighted by Gasteiger charge is -2.13. The number of aromatic nitrogens is 6. The molecule has 0 unspecified atom stereocenters. The molecule has 92 heavy (non-hydrogen) atoms. The van der Waals surface area contributed by atoms with Crippen molar-refractivity contribution in [2.45, 2.75) is 72.6 Å². The molecule has 1 aliphatic heterocycles. The van der Waals surface area contributed by atoms with Crippen molar-refractivity contribution in [1.29, 1.82) is 0 Å². The number of carbonyl (C=O) groups excluding carboxylic acids is 4. The third-order valence-corrected chi connectivity index (χ3v) is 14.5. The maximum Gasteiger partial charge on any atom is 0.200 e. The average molecular weight is 1260 g/mol. The molecule has 0 saturated carbocycles. The summed E-state index contributed by atoms with van der Waals surface area (Å²) in [5.41, 5.74) is 8.86. The van der Waals surface area contributed by atoms with Crippen LogP contribution < -0.4 is 35.5 Å². The van der Waals surface area contributed by atoms with Gasteiger partial charge in [-0.1, -0.05) is 43.3 Å². The zero-order valence-corrected chi connectivity index (χ0v) is 51.4. The highest BCUT2D eigenvalue weighted by Gasteiger charge is 2.23. The summed E-state index contributed by atoms with van der Waals surface area (Å²) in [6, 6.07) is 25.3. The van der Waals surface area contributed by atoms with Crippen molar-refractivity contribution in [3.63, 3.8) is 0 Å². The number of carbonyl (C=O) groups is 4. The van der Waals surface area contributed by atoms with Crippen LogP contribution in [0.3, 0.4) is 0 Å². The highest BCUT2D eigenvalue weighted by Crippen LogP contribution is 2.35. The van der Waals surface area contributed by atoms with Gasteiger partial charge in [0.1, 0.15) is 45.7 Å². The minimum Gasteiger partial charge on any atom is -0.495 e. The van der Waals surface area contributed by atoms with Crippen LogP contribution in [0.4, 0.5) is 17.6 Å². The lowest BCUT2D eigenvalue weighted by molar-refractivity contribution is -0.118. The number of ether oxygens (including phenoxy) is 5. The van der Waals surface area contributed by atoms with Crippen LogP contribution in [0.25, 0.3) is 44.3 Å². The quantitative estimate of drug-likeness (QED) is 0.0502. The summed E-state index contributed by atoms with van der Waals surface area (Å²) in [5.74, 6) is -2.46. The molecule has 474 valence electrons. The van der Waals surface area contributed by atoms with Crippen molar-refractivity contribution in [2.24, 2.45) is 5.73 Å².